The summed E-state index contributed by atoms with van der Waals surface area (Å²) in [5, 5.41) is 8.90. The van der Waals surface area contributed by atoms with Gasteiger partial charge in [0.25, 0.3) is 0 Å². The molecule has 0 aromatic heterocycles. The van der Waals surface area contributed by atoms with Crippen molar-refractivity contribution in [1.29, 1.82) is 0 Å². The maximum absolute atomic E-state index is 12.6. The van der Waals surface area contributed by atoms with Crippen LogP contribution in [0, 0.1) is 0 Å². The molecule has 0 spiro atoms. The van der Waals surface area contributed by atoms with Gasteiger partial charge < -0.3 is 25.2 Å². The number of ether oxygens (including phenoxy) is 2. The normalized spacial score (nSPS) is 13.8. The molecule has 0 bridgehead atoms. The number of rotatable bonds is 45. The van der Waals surface area contributed by atoms with Crippen LogP contribution in [0.4, 0.5) is 0 Å². The van der Waals surface area contributed by atoms with Crippen LogP contribution in [-0.2, 0) is 37.5 Å². The van der Waals surface area contributed by atoms with E-state index >= 15 is 0 Å². The first-order chi connectivity index (χ1) is 28.6. The van der Waals surface area contributed by atoms with Crippen molar-refractivity contribution in [2.75, 3.05) is 19.8 Å². The van der Waals surface area contributed by atoms with Gasteiger partial charge in [0.05, 0.1) is 13.2 Å². The van der Waals surface area contributed by atoms with Gasteiger partial charge in [-0.05, 0) is 38.5 Å². The fourth-order valence-corrected chi connectivity index (χ4v) is 7.47. The molecule has 0 saturated carbocycles. The molecule has 0 saturated heterocycles. The highest BCUT2D eigenvalue weighted by Gasteiger charge is 2.28. The van der Waals surface area contributed by atoms with E-state index in [4.69, 9.17) is 24.8 Å². The Hall–Kier alpha value is -2.04. The van der Waals surface area contributed by atoms with E-state index in [2.05, 4.69) is 36.6 Å². The highest BCUT2D eigenvalue weighted by atomic mass is 31.2. The molecule has 0 fully saturated rings. The topological polar surface area (TPSA) is 172 Å². The molecule has 4 N–H and O–H groups in total. The molecule has 12 heteroatoms. The predicted molar refractivity (Wildman–Crippen MR) is 240 cm³/mol. The number of carboxylic acid groups (broad SMARTS) is 1. The lowest BCUT2D eigenvalue weighted by molar-refractivity contribution is -0.161. The third-order valence-electron chi connectivity index (χ3n) is 10.5. The summed E-state index contributed by atoms with van der Waals surface area (Å²) in [6, 6.07) is -1.53. The number of carboxylic acids is 1. The van der Waals surface area contributed by atoms with Gasteiger partial charge in [-0.2, -0.15) is 0 Å². The van der Waals surface area contributed by atoms with Gasteiger partial charge in [-0.15, -0.1) is 0 Å². The van der Waals surface area contributed by atoms with Crippen LogP contribution < -0.4 is 5.73 Å². The van der Waals surface area contributed by atoms with Gasteiger partial charge >= 0.3 is 25.7 Å². The first-order valence-corrected chi connectivity index (χ1v) is 25.4. The molecule has 11 nitrogen and oxygen atoms in total. The van der Waals surface area contributed by atoms with Crippen molar-refractivity contribution in [2.45, 2.75) is 238 Å². The van der Waals surface area contributed by atoms with E-state index < -0.39 is 51.1 Å². The molecule has 3 atom stereocenters. The number of phosphoric acid groups is 1. The number of aliphatic carboxylic acids is 1. The maximum atomic E-state index is 12.6. The van der Waals surface area contributed by atoms with Crippen molar-refractivity contribution in [3.8, 4) is 0 Å². The zero-order valence-corrected chi connectivity index (χ0v) is 38.5. The average Bonchev–Trinajstić information content (AvgIpc) is 3.21. The van der Waals surface area contributed by atoms with Crippen molar-refractivity contribution >= 4 is 25.7 Å². The number of nitrogens with two attached hydrogens (primary N) is 1. The highest BCUT2D eigenvalue weighted by Crippen LogP contribution is 2.43. The van der Waals surface area contributed by atoms with Gasteiger partial charge in [-0.3, -0.25) is 23.4 Å². The number of hydrogen-bond acceptors (Lipinski definition) is 9. The van der Waals surface area contributed by atoms with Gasteiger partial charge in [0, 0.05) is 12.8 Å². The molecule has 0 aliphatic rings. The molecule has 0 heterocycles. The summed E-state index contributed by atoms with van der Waals surface area (Å²) in [5.74, 6) is -2.42. The standard InChI is InChI=1S/C47H88NO10P/c1-3-5-7-9-11-13-15-17-19-21-23-24-26-28-30-32-34-36-38-45(49)55-40-43(41-56-59(53,54)57-42-44(48)47(51)52)58-46(50)39-37-35-33-31-29-27-25-22-20-18-16-14-12-10-8-6-4-2/h25,27,31,33,43-44H,3-24,26,28-30,32,34-42,48H2,1-2H3,(H,51,52)(H,53,54)/b27-25+,33-31+/t43-,44+/m1/s1. The third kappa shape index (κ3) is 42.4. The number of carbonyl (C=O) groups is 3. The largest absolute Gasteiger partial charge is 0.480 e. The van der Waals surface area contributed by atoms with Crippen LogP contribution in [0.25, 0.3) is 0 Å². The maximum Gasteiger partial charge on any atom is 0.472 e. The molecular formula is C47H88NO10P. The highest BCUT2D eigenvalue weighted by molar-refractivity contribution is 7.47. The van der Waals surface area contributed by atoms with Crippen LogP contribution in [-0.4, -0.2) is 59.9 Å². The Morgan fingerprint density at radius 2 is 0.915 bits per heavy atom. The second kappa shape index (κ2) is 42.6. The fourth-order valence-electron chi connectivity index (χ4n) is 6.69. The van der Waals surface area contributed by atoms with Crippen LogP contribution >= 0.6 is 7.82 Å². The number of carbonyl (C=O) groups excluding carboxylic acids is 2. The third-order valence-corrected chi connectivity index (χ3v) is 11.4. The summed E-state index contributed by atoms with van der Waals surface area (Å²) in [4.78, 5) is 46.0. The van der Waals surface area contributed by atoms with Gasteiger partial charge in [0.1, 0.15) is 12.6 Å². The first kappa shape index (κ1) is 57.0. The smallest absolute Gasteiger partial charge is 0.472 e. The van der Waals surface area contributed by atoms with Crippen molar-refractivity contribution in [3.63, 3.8) is 0 Å². The second-order valence-electron chi connectivity index (χ2n) is 16.2. The van der Waals surface area contributed by atoms with E-state index in [1.165, 1.54) is 148 Å². The van der Waals surface area contributed by atoms with E-state index in [9.17, 15) is 23.8 Å². The Balaban J connectivity index is 4.33. The second-order valence-corrected chi connectivity index (χ2v) is 17.7. The molecule has 346 valence electrons. The number of unbranched alkanes of at least 4 members (excludes halogenated alkanes) is 27. The molecule has 0 radical (unpaired) electrons. The summed E-state index contributed by atoms with van der Waals surface area (Å²) in [5.41, 5.74) is 5.34. The summed E-state index contributed by atoms with van der Waals surface area (Å²) in [6.45, 7) is 2.80. The number of hydrogen-bond donors (Lipinski definition) is 3. The van der Waals surface area contributed by atoms with Gasteiger partial charge in [0.2, 0.25) is 0 Å². The van der Waals surface area contributed by atoms with Gasteiger partial charge in [0.15, 0.2) is 6.10 Å². The predicted octanol–water partition coefficient (Wildman–Crippen LogP) is 13.0. The van der Waals surface area contributed by atoms with Crippen molar-refractivity contribution in [1.82, 2.24) is 0 Å². The van der Waals surface area contributed by atoms with Crippen molar-refractivity contribution in [2.24, 2.45) is 5.73 Å². The zero-order valence-electron chi connectivity index (χ0n) is 37.6. The molecule has 59 heavy (non-hydrogen) atoms. The Kier molecular flexibility index (Phi) is 41.2. The molecule has 0 aliphatic carbocycles. The van der Waals surface area contributed by atoms with Crippen LogP contribution in [0.3, 0.4) is 0 Å². The Morgan fingerprint density at radius 3 is 1.37 bits per heavy atom. The van der Waals surface area contributed by atoms with Gasteiger partial charge in [-0.25, -0.2) is 4.57 Å². The monoisotopic (exact) mass is 858 g/mol. The van der Waals surface area contributed by atoms with Crippen LogP contribution in [0.15, 0.2) is 24.3 Å². The minimum atomic E-state index is -4.73. The minimum absolute atomic E-state index is 0.100. The van der Waals surface area contributed by atoms with Crippen molar-refractivity contribution < 1.29 is 47.5 Å². The lowest BCUT2D eigenvalue weighted by atomic mass is 10.0. The lowest BCUT2D eigenvalue weighted by Gasteiger charge is -2.20. The van der Waals surface area contributed by atoms with Crippen molar-refractivity contribution in [3.05, 3.63) is 24.3 Å². The Morgan fingerprint density at radius 1 is 0.525 bits per heavy atom. The van der Waals surface area contributed by atoms with E-state index in [1.54, 1.807) is 0 Å². The summed E-state index contributed by atoms with van der Waals surface area (Å²) in [7, 11) is -4.73. The number of esters is 2. The Bertz CT molecular complexity index is 1100. The molecule has 0 rings (SSSR count). The molecule has 0 aromatic carbocycles. The van der Waals surface area contributed by atoms with E-state index in [0.717, 1.165) is 32.1 Å². The first-order valence-electron chi connectivity index (χ1n) is 23.9. The van der Waals surface area contributed by atoms with Crippen LogP contribution in [0.1, 0.15) is 226 Å². The fraction of sp³-hybridized carbons (Fsp3) is 0.851. The Labute approximate surface area is 360 Å². The molecule has 0 aliphatic heterocycles. The summed E-state index contributed by atoms with van der Waals surface area (Å²) < 4.78 is 32.7. The lowest BCUT2D eigenvalue weighted by Crippen LogP contribution is -2.34. The van der Waals surface area contributed by atoms with Gasteiger partial charge in [-0.1, -0.05) is 199 Å². The molecule has 0 aromatic rings. The van der Waals surface area contributed by atoms with Crippen LogP contribution in [0.2, 0.25) is 0 Å². The summed E-state index contributed by atoms with van der Waals surface area (Å²) in [6.07, 6.45) is 45.4. The summed E-state index contributed by atoms with van der Waals surface area (Å²) >= 11 is 0. The van der Waals surface area contributed by atoms with E-state index in [1.807, 2.05) is 6.08 Å². The van der Waals surface area contributed by atoms with E-state index in [0.29, 0.717) is 19.3 Å². The minimum Gasteiger partial charge on any atom is -0.480 e. The quantitative estimate of drug-likeness (QED) is 0.0230. The number of allylic oxidation sites excluding steroid dienone is 4. The van der Waals surface area contributed by atoms with E-state index in [-0.39, 0.29) is 19.4 Å². The zero-order chi connectivity index (χ0) is 43.5. The molecular weight excluding hydrogens is 769 g/mol. The average molecular weight is 858 g/mol. The molecule has 0 amide bonds. The van der Waals surface area contributed by atoms with Crippen LogP contribution in [0.5, 0.6) is 0 Å². The number of phosphoric ester groups is 1. The SMILES string of the molecule is CCCCCCCCCCC/C=C/C/C=C/CCCC(=O)O[C@H](COC(=O)CCCCCCCCCCCCCCCCCCCC)COP(=O)(O)OC[C@H](N)C(=O)O. The molecule has 1 unspecified atom stereocenters.